The summed E-state index contributed by atoms with van der Waals surface area (Å²) in [6.45, 7) is 10.2. The molecular weight excluding hydrogens is 214 g/mol. The highest BCUT2D eigenvalue weighted by Crippen LogP contribution is 2.22. The minimum atomic E-state index is -0.215. The van der Waals surface area contributed by atoms with Gasteiger partial charge in [-0.2, -0.15) is 0 Å². The van der Waals surface area contributed by atoms with Gasteiger partial charge in [0.15, 0.2) is 0 Å². The zero-order valence-electron chi connectivity index (χ0n) is 11.9. The van der Waals surface area contributed by atoms with E-state index in [1.54, 1.807) is 0 Å². The molecule has 2 unspecified atom stereocenters. The lowest BCUT2D eigenvalue weighted by Gasteiger charge is -2.30. The van der Waals surface area contributed by atoms with Gasteiger partial charge in [0.25, 0.3) is 0 Å². The zero-order chi connectivity index (χ0) is 12.9. The third-order valence-electron chi connectivity index (χ3n) is 3.61. The fourth-order valence-electron chi connectivity index (χ4n) is 2.26. The van der Waals surface area contributed by atoms with Gasteiger partial charge in [0.05, 0.1) is 12.7 Å². The smallest absolute Gasteiger partial charge is 0.0600 e. The molecule has 3 heteroatoms. The van der Waals surface area contributed by atoms with Crippen molar-refractivity contribution in [1.82, 2.24) is 4.90 Å². The molecule has 0 aromatic rings. The van der Waals surface area contributed by atoms with Crippen molar-refractivity contribution in [3.8, 4) is 0 Å². The van der Waals surface area contributed by atoms with Crippen LogP contribution >= 0.6 is 0 Å². The molecule has 0 saturated carbocycles. The van der Waals surface area contributed by atoms with E-state index in [9.17, 15) is 5.11 Å². The van der Waals surface area contributed by atoms with Crippen LogP contribution in [0.4, 0.5) is 0 Å². The normalized spacial score (nSPS) is 24.0. The number of aliphatic hydroxyl groups is 1. The molecule has 0 amide bonds. The van der Waals surface area contributed by atoms with Crippen LogP contribution in [-0.2, 0) is 4.74 Å². The largest absolute Gasteiger partial charge is 0.393 e. The van der Waals surface area contributed by atoms with Crippen LogP contribution in [0.15, 0.2) is 0 Å². The summed E-state index contributed by atoms with van der Waals surface area (Å²) in [5, 5.41) is 9.99. The Hall–Kier alpha value is -0.120. The number of ether oxygens (including phenoxy) is 1. The van der Waals surface area contributed by atoms with Gasteiger partial charge in [0.2, 0.25) is 0 Å². The second-order valence-corrected chi connectivity index (χ2v) is 6.52. The molecule has 1 N–H and O–H groups in total. The second-order valence-electron chi connectivity index (χ2n) is 6.52. The molecule has 0 bridgehead atoms. The van der Waals surface area contributed by atoms with Crippen LogP contribution in [0.25, 0.3) is 0 Å². The van der Waals surface area contributed by atoms with Crippen molar-refractivity contribution in [2.45, 2.75) is 46.1 Å². The van der Waals surface area contributed by atoms with Gasteiger partial charge in [0.1, 0.15) is 0 Å². The Morgan fingerprint density at radius 3 is 2.65 bits per heavy atom. The van der Waals surface area contributed by atoms with Gasteiger partial charge in [-0.15, -0.1) is 0 Å². The predicted molar refractivity (Wildman–Crippen MR) is 71.1 cm³/mol. The maximum atomic E-state index is 9.99. The van der Waals surface area contributed by atoms with E-state index >= 15 is 0 Å². The molecule has 0 spiro atoms. The number of aliphatic hydroxyl groups excluding tert-OH is 1. The minimum absolute atomic E-state index is 0.00517. The SMILES string of the molecule is CN(CCC(O)C(C)(C)C)CC1CCCOC1. The molecule has 1 fully saturated rings. The van der Waals surface area contributed by atoms with E-state index in [2.05, 4.69) is 32.7 Å². The first-order chi connectivity index (χ1) is 7.89. The van der Waals surface area contributed by atoms with Crippen molar-refractivity contribution in [1.29, 1.82) is 0 Å². The summed E-state index contributed by atoms with van der Waals surface area (Å²) >= 11 is 0. The van der Waals surface area contributed by atoms with Gasteiger partial charge in [-0.05, 0) is 37.6 Å². The summed E-state index contributed by atoms with van der Waals surface area (Å²) in [6.07, 6.45) is 3.12. The summed E-state index contributed by atoms with van der Waals surface area (Å²) in [5.74, 6) is 0.681. The molecule has 0 aliphatic carbocycles. The van der Waals surface area contributed by atoms with Gasteiger partial charge in [-0.3, -0.25) is 0 Å². The van der Waals surface area contributed by atoms with E-state index < -0.39 is 0 Å². The molecular formula is C14H29NO2. The number of rotatable bonds is 5. The Labute approximate surface area is 106 Å². The first-order valence-corrected chi connectivity index (χ1v) is 6.84. The van der Waals surface area contributed by atoms with Crippen molar-refractivity contribution in [3.63, 3.8) is 0 Å². The highest BCUT2D eigenvalue weighted by Gasteiger charge is 2.22. The van der Waals surface area contributed by atoms with E-state index in [1.807, 2.05) is 0 Å². The molecule has 1 saturated heterocycles. The van der Waals surface area contributed by atoms with Crippen molar-refractivity contribution >= 4 is 0 Å². The molecule has 17 heavy (non-hydrogen) atoms. The van der Waals surface area contributed by atoms with E-state index in [4.69, 9.17) is 4.74 Å². The maximum absolute atomic E-state index is 9.99. The Morgan fingerprint density at radius 1 is 1.41 bits per heavy atom. The second kappa shape index (κ2) is 6.72. The average molecular weight is 243 g/mol. The average Bonchev–Trinajstić information content (AvgIpc) is 2.26. The maximum Gasteiger partial charge on any atom is 0.0600 e. The summed E-state index contributed by atoms with van der Waals surface area (Å²) in [4.78, 5) is 2.33. The minimum Gasteiger partial charge on any atom is -0.393 e. The lowest BCUT2D eigenvalue weighted by molar-refractivity contribution is 0.0294. The highest BCUT2D eigenvalue weighted by atomic mass is 16.5. The van der Waals surface area contributed by atoms with Gasteiger partial charge in [-0.1, -0.05) is 20.8 Å². The summed E-state index contributed by atoms with van der Waals surface area (Å²) in [5.41, 5.74) is -0.00517. The Balaban J connectivity index is 2.18. The monoisotopic (exact) mass is 243 g/mol. The van der Waals surface area contributed by atoms with Gasteiger partial charge < -0.3 is 14.7 Å². The standard InChI is InChI=1S/C14H29NO2/c1-14(2,3)13(16)7-8-15(4)10-12-6-5-9-17-11-12/h12-13,16H,5-11H2,1-4H3. The number of hydrogen-bond acceptors (Lipinski definition) is 3. The van der Waals surface area contributed by atoms with Crippen LogP contribution in [0.5, 0.6) is 0 Å². The lowest BCUT2D eigenvalue weighted by Crippen LogP contribution is -2.35. The molecule has 102 valence electrons. The predicted octanol–water partition coefficient (Wildman–Crippen LogP) is 2.14. The van der Waals surface area contributed by atoms with E-state index in [-0.39, 0.29) is 11.5 Å². The molecule has 1 aliphatic heterocycles. The Kier molecular flexibility index (Phi) is 5.90. The van der Waals surface area contributed by atoms with Crippen LogP contribution in [0.2, 0.25) is 0 Å². The number of nitrogens with zero attached hydrogens (tertiary/aromatic N) is 1. The van der Waals surface area contributed by atoms with E-state index in [0.717, 1.165) is 32.7 Å². The third-order valence-corrected chi connectivity index (χ3v) is 3.61. The molecule has 2 atom stereocenters. The molecule has 1 rings (SSSR count). The lowest BCUT2D eigenvalue weighted by atomic mass is 9.87. The van der Waals surface area contributed by atoms with Crippen LogP contribution in [0, 0.1) is 11.3 Å². The fourth-order valence-corrected chi connectivity index (χ4v) is 2.26. The molecule has 0 radical (unpaired) electrons. The quantitative estimate of drug-likeness (QED) is 0.803. The van der Waals surface area contributed by atoms with Crippen LogP contribution in [-0.4, -0.2) is 49.5 Å². The van der Waals surface area contributed by atoms with Crippen molar-refractivity contribution in [2.24, 2.45) is 11.3 Å². The first-order valence-electron chi connectivity index (χ1n) is 6.84. The van der Waals surface area contributed by atoms with Crippen molar-refractivity contribution < 1.29 is 9.84 Å². The van der Waals surface area contributed by atoms with Gasteiger partial charge in [0, 0.05) is 19.7 Å². The Bertz CT molecular complexity index is 207. The van der Waals surface area contributed by atoms with Crippen LogP contribution in [0.1, 0.15) is 40.0 Å². The van der Waals surface area contributed by atoms with Crippen molar-refractivity contribution in [2.75, 3.05) is 33.4 Å². The summed E-state index contributed by atoms with van der Waals surface area (Å²) in [7, 11) is 2.14. The highest BCUT2D eigenvalue weighted by molar-refractivity contribution is 4.74. The molecule has 0 aromatic carbocycles. The van der Waals surface area contributed by atoms with E-state index in [0.29, 0.717) is 5.92 Å². The Morgan fingerprint density at radius 2 is 2.12 bits per heavy atom. The fraction of sp³-hybridized carbons (Fsp3) is 1.00. The number of hydrogen-bond donors (Lipinski definition) is 1. The summed E-state index contributed by atoms with van der Waals surface area (Å²) < 4.78 is 5.49. The zero-order valence-corrected chi connectivity index (χ0v) is 11.9. The van der Waals surface area contributed by atoms with Crippen LogP contribution in [0.3, 0.4) is 0 Å². The van der Waals surface area contributed by atoms with Gasteiger partial charge >= 0.3 is 0 Å². The van der Waals surface area contributed by atoms with Crippen molar-refractivity contribution in [3.05, 3.63) is 0 Å². The third kappa shape index (κ3) is 5.84. The molecule has 0 aromatic heterocycles. The summed E-state index contributed by atoms with van der Waals surface area (Å²) in [6, 6.07) is 0. The first kappa shape index (κ1) is 14.9. The molecule has 3 nitrogen and oxygen atoms in total. The molecule has 1 aliphatic rings. The van der Waals surface area contributed by atoms with Gasteiger partial charge in [-0.25, -0.2) is 0 Å². The van der Waals surface area contributed by atoms with E-state index in [1.165, 1.54) is 12.8 Å². The molecule has 1 heterocycles. The van der Waals surface area contributed by atoms with Crippen LogP contribution < -0.4 is 0 Å². The topological polar surface area (TPSA) is 32.7 Å².